The van der Waals surface area contributed by atoms with Gasteiger partial charge in [0.15, 0.2) is 12.9 Å². The van der Waals surface area contributed by atoms with E-state index in [-0.39, 0.29) is 23.5 Å². The van der Waals surface area contributed by atoms with Gasteiger partial charge in [-0.15, -0.1) is 0 Å². The molecular formula is C20H18N2O7. The second kappa shape index (κ2) is 8.51. The molecular weight excluding hydrogens is 380 g/mol. The van der Waals surface area contributed by atoms with Crippen molar-refractivity contribution in [3.8, 4) is 5.75 Å². The second-order valence-electron chi connectivity index (χ2n) is 6.42. The average molecular weight is 398 g/mol. The van der Waals surface area contributed by atoms with Gasteiger partial charge in [0.05, 0.1) is 17.6 Å². The summed E-state index contributed by atoms with van der Waals surface area (Å²) in [6, 6.07) is 10.2. The first-order valence-electron chi connectivity index (χ1n) is 8.75. The van der Waals surface area contributed by atoms with Crippen LogP contribution < -0.4 is 4.74 Å². The molecule has 2 aromatic rings. The van der Waals surface area contributed by atoms with E-state index in [9.17, 15) is 24.5 Å². The Labute approximate surface area is 166 Å². The standard InChI is InChI=1S/C20H18N2O7/c1-28-20(25)17-9-13-4-2-3-5-14(13)10-21(17)19(24)12-29-18-7-6-16(22(26)27)8-15(18)11-23/h2-8,11,17H,9-10,12H2,1H3/t17-/m0/s1. The molecule has 0 N–H and O–H groups in total. The van der Waals surface area contributed by atoms with Gasteiger partial charge in [0.25, 0.3) is 11.6 Å². The summed E-state index contributed by atoms with van der Waals surface area (Å²) in [5, 5.41) is 10.8. The Morgan fingerprint density at radius 2 is 1.97 bits per heavy atom. The number of rotatable bonds is 6. The van der Waals surface area contributed by atoms with E-state index in [0.717, 1.165) is 17.2 Å². The van der Waals surface area contributed by atoms with Crippen LogP contribution in [0.2, 0.25) is 0 Å². The number of nitro benzene ring substituents is 1. The number of nitro groups is 1. The molecule has 0 aliphatic carbocycles. The zero-order chi connectivity index (χ0) is 21.0. The van der Waals surface area contributed by atoms with E-state index < -0.39 is 29.4 Å². The number of hydrogen-bond acceptors (Lipinski definition) is 7. The van der Waals surface area contributed by atoms with Crippen LogP contribution in [0.4, 0.5) is 5.69 Å². The van der Waals surface area contributed by atoms with Gasteiger partial charge in [0.1, 0.15) is 11.8 Å². The van der Waals surface area contributed by atoms with Crippen LogP contribution in [0.5, 0.6) is 5.75 Å². The zero-order valence-corrected chi connectivity index (χ0v) is 15.6. The van der Waals surface area contributed by atoms with E-state index in [0.29, 0.717) is 12.7 Å². The van der Waals surface area contributed by atoms with Gasteiger partial charge in [-0.1, -0.05) is 24.3 Å². The maximum Gasteiger partial charge on any atom is 0.328 e. The minimum absolute atomic E-state index is 0.0412. The highest BCUT2D eigenvalue weighted by atomic mass is 16.6. The maximum absolute atomic E-state index is 12.8. The van der Waals surface area contributed by atoms with Crippen molar-refractivity contribution in [3.05, 3.63) is 69.3 Å². The van der Waals surface area contributed by atoms with Crippen molar-refractivity contribution in [2.24, 2.45) is 0 Å². The molecule has 0 unspecified atom stereocenters. The molecule has 9 heteroatoms. The normalized spacial score (nSPS) is 15.2. The number of methoxy groups -OCH3 is 1. The predicted octanol–water partition coefficient (Wildman–Crippen LogP) is 1.91. The number of non-ortho nitro benzene ring substituents is 1. The van der Waals surface area contributed by atoms with Gasteiger partial charge in [-0.3, -0.25) is 19.7 Å². The lowest BCUT2D eigenvalue weighted by atomic mass is 9.94. The first-order chi connectivity index (χ1) is 13.9. The second-order valence-corrected chi connectivity index (χ2v) is 6.42. The summed E-state index contributed by atoms with van der Waals surface area (Å²) >= 11 is 0. The molecule has 0 radical (unpaired) electrons. The lowest BCUT2D eigenvalue weighted by molar-refractivity contribution is -0.384. The minimum Gasteiger partial charge on any atom is -0.483 e. The van der Waals surface area contributed by atoms with Crippen molar-refractivity contribution in [1.29, 1.82) is 0 Å². The summed E-state index contributed by atoms with van der Waals surface area (Å²) in [6.45, 7) is -0.215. The fourth-order valence-corrected chi connectivity index (χ4v) is 3.23. The largest absolute Gasteiger partial charge is 0.483 e. The fraction of sp³-hybridized carbons (Fsp3) is 0.250. The molecule has 9 nitrogen and oxygen atoms in total. The number of aldehydes is 1. The number of nitrogens with zero attached hydrogens (tertiary/aromatic N) is 2. The topological polar surface area (TPSA) is 116 Å². The highest BCUT2D eigenvalue weighted by Gasteiger charge is 2.35. The van der Waals surface area contributed by atoms with E-state index in [1.165, 1.54) is 24.1 Å². The number of benzene rings is 2. The Morgan fingerprint density at radius 1 is 1.24 bits per heavy atom. The van der Waals surface area contributed by atoms with Crippen LogP contribution >= 0.6 is 0 Å². The third-order valence-electron chi connectivity index (χ3n) is 4.72. The van der Waals surface area contributed by atoms with Crippen molar-refractivity contribution in [1.82, 2.24) is 4.90 Å². The Hall–Kier alpha value is -3.75. The van der Waals surface area contributed by atoms with Gasteiger partial charge in [0, 0.05) is 25.1 Å². The van der Waals surface area contributed by atoms with Gasteiger partial charge < -0.3 is 14.4 Å². The third kappa shape index (κ3) is 4.23. The van der Waals surface area contributed by atoms with E-state index in [2.05, 4.69) is 0 Å². The van der Waals surface area contributed by atoms with Crippen molar-refractivity contribution < 1.29 is 28.8 Å². The predicted molar refractivity (Wildman–Crippen MR) is 100 cm³/mol. The van der Waals surface area contributed by atoms with Gasteiger partial charge in [0.2, 0.25) is 0 Å². The molecule has 2 aromatic carbocycles. The zero-order valence-electron chi connectivity index (χ0n) is 15.6. The summed E-state index contributed by atoms with van der Waals surface area (Å²) in [7, 11) is 1.26. The summed E-state index contributed by atoms with van der Waals surface area (Å²) in [5.41, 5.74) is 1.58. The van der Waals surface area contributed by atoms with Gasteiger partial charge in [-0.2, -0.15) is 0 Å². The minimum atomic E-state index is -0.784. The number of carbonyl (C=O) groups is 3. The van der Waals surface area contributed by atoms with E-state index in [4.69, 9.17) is 9.47 Å². The summed E-state index contributed by atoms with van der Waals surface area (Å²) in [4.78, 5) is 47.8. The highest BCUT2D eigenvalue weighted by Crippen LogP contribution is 2.26. The van der Waals surface area contributed by atoms with Crippen LogP contribution in [0.25, 0.3) is 0 Å². The number of amides is 1. The Balaban J connectivity index is 1.78. The molecule has 0 bridgehead atoms. The van der Waals surface area contributed by atoms with Gasteiger partial charge >= 0.3 is 5.97 Å². The van der Waals surface area contributed by atoms with Crippen molar-refractivity contribution in [2.45, 2.75) is 19.0 Å². The van der Waals surface area contributed by atoms with E-state index in [1.54, 1.807) is 0 Å². The first kappa shape index (κ1) is 20.0. The lowest BCUT2D eigenvalue weighted by Crippen LogP contribution is -2.50. The van der Waals surface area contributed by atoms with Gasteiger partial charge in [-0.25, -0.2) is 4.79 Å². The smallest absolute Gasteiger partial charge is 0.328 e. The van der Waals surface area contributed by atoms with Crippen LogP contribution in [0.1, 0.15) is 21.5 Å². The van der Waals surface area contributed by atoms with Gasteiger partial charge in [-0.05, 0) is 17.2 Å². The number of carbonyl (C=O) groups excluding carboxylic acids is 3. The molecule has 0 spiro atoms. The van der Waals surface area contributed by atoms with Crippen LogP contribution in [0.15, 0.2) is 42.5 Å². The number of ether oxygens (including phenoxy) is 2. The molecule has 0 aromatic heterocycles. The highest BCUT2D eigenvalue weighted by molar-refractivity contribution is 5.86. The summed E-state index contributed by atoms with van der Waals surface area (Å²) < 4.78 is 10.3. The van der Waals surface area contributed by atoms with Crippen LogP contribution in [-0.4, -0.2) is 47.7 Å². The molecule has 0 saturated carbocycles. The third-order valence-corrected chi connectivity index (χ3v) is 4.72. The van der Waals surface area contributed by atoms with Crippen molar-refractivity contribution >= 4 is 23.9 Å². The molecule has 29 heavy (non-hydrogen) atoms. The first-order valence-corrected chi connectivity index (χ1v) is 8.75. The number of fused-ring (bicyclic) bond motifs is 1. The Morgan fingerprint density at radius 3 is 2.62 bits per heavy atom. The SMILES string of the molecule is COC(=O)[C@@H]1Cc2ccccc2CN1C(=O)COc1ccc([N+](=O)[O-])cc1C=O. The van der Waals surface area contributed by atoms with Crippen molar-refractivity contribution in [2.75, 3.05) is 13.7 Å². The molecule has 1 aliphatic rings. The molecule has 1 aliphatic heterocycles. The van der Waals surface area contributed by atoms with Crippen LogP contribution in [0, 0.1) is 10.1 Å². The molecule has 1 heterocycles. The summed E-state index contributed by atoms with van der Waals surface area (Å²) in [5.74, 6) is -0.951. The fourth-order valence-electron chi connectivity index (χ4n) is 3.23. The monoisotopic (exact) mass is 398 g/mol. The Kier molecular flexibility index (Phi) is 5.87. The average Bonchev–Trinajstić information content (AvgIpc) is 2.75. The Bertz CT molecular complexity index is 973. The maximum atomic E-state index is 12.8. The number of hydrogen-bond donors (Lipinski definition) is 0. The lowest BCUT2D eigenvalue weighted by Gasteiger charge is -2.35. The molecule has 3 rings (SSSR count). The molecule has 1 amide bonds. The molecule has 1 atom stereocenters. The molecule has 0 saturated heterocycles. The van der Waals surface area contributed by atoms with Crippen molar-refractivity contribution in [3.63, 3.8) is 0 Å². The number of esters is 1. The van der Waals surface area contributed by atoms with E-state index >= 15 is 0 Å². The molecule has 150 valence electrons. The van der Waals surface area contributed by atoms with E-state index in [1.807, 2.05) is 24.3 Å². The van der Waals surface area contributed by atoms with Crippen LogP contribution in [0.3, 0.4) is 0 Å². The quantitative estimate of drug-likeness (QED) is 0.316. The summed E-state index contributed by atoms with van der Waals surface area (Å²) in [6.07, 6.45) is 0.743. The van der Waals surface area contributed by atoms with Crippen LogP contribution in [-0.2, 0) is 27.3 Å². The molecule has 0 fully saturated rings.